The average Bonchev–Trinajstić information content (AvgIpc) is 2.26. The zero-order valence-electron chi connectivity index (χ0n) is 7.74. The van der Waals surface area contributed by atoms with Crippen molar-refractivity contribution in [1.82, 2.24) is 0 Å². The molecule has 0 N–H and O–H groups in total. The van der Waals surface area contributed by atoms with Crippen LogP contribution in [-0.4, -0.2) is 5.78 Å². The molecule has 0 heterocycles. The largest absolute Gasteiger partial charge is 0.294 e. The van der Waals surface area contributed by atoms with Crippen LogP contribution >= 0.6 is 0 Å². The quantitative estimate of drug-likeness (QED) is 0.660. The second kappa shape index (κ2) is 4.20. The van der Waals surface area contributed by atoms with Crippen LogP contribution in [0.15, 0.2) is 18.2 Å². The lowest BCUT2D eigenvalue weighted by molar-refractivity contribution is 0.0988. The Balaban J connectivity index is 3.24. The third-order valence-corrected chi connectivity index (χ3v) is 1.90. The number of rotatable bonds is 2. The molecule has 0 saturated carbocycles. The molecule has 0 atom stereocenters. The van der Waals surface area contributed by atoms with Crippen molar-refractivity contribution in [3.8, 4) is 12.1 Å². The molecule has 0 spiro atoms. The Morgan fingerprint density at radius 2 is 1.93 bits per heavy atom. The van der Waals surface area contributed by atoms with Crippen molar-refractivity contribution in [3.63, 3.8) is 0 Å². The van der Waals surface area contributed by atoms with Crippen LogP contribution in [0.2, 0.25) is 0 Å². The van der Waals surface area contributed by atoms with Crippen LogP contribution < -0.4 is 0 Å². The fourth-order valence-corrected chi connectivity index (χ4v) is 1.11. The van der Waals surface area contributed by atoms with Crippen molar-refractivity contribution in [2.24, 2.45) is 0 Å². The maximum absolute atomic E-state index is 11.3. The molecule has 0 saturated heterocycles. The summed E-state index contributed by atoms with van der Waals surface area (Å²) < 4.78 is 0. The number of carbonyl (C=O) groups is 1. The van der Waals surface area contributed by atoms with Crippen LogP contribution in [0, 0.1) is 22.7 Å². The van der Waals surface area contributed by atoms with Crippen LogP contribution in [0.5, 0.6) is 0 Å². The van der Waals surface area contributed by atoms with E-state index in [0.29, 0.717) is 17.5 Å². The summed E-state index contributed by atoms with van der Waals surface area (Å²) in [6.45, 7) is 1.76. The molecule has 0 aliphatic rings. The highest BCUT2D eigenvalue weighted by Gasteiger charge is 2.07. The molecule has 0 aromatic heterocycles. The highest BCUT2D eigenvalue weighted by atomic mass is 16.1. The molecule has 14 heavy (non-hydrogen) atoms. The van der Waals surface area contributed by atoms with Crippen molar-refractivity contribution < 1.29 is 4.79 Å². The predicted molar refractivity (Wildman–Crippen MR) is 50.5 cm³/mol. The topological polar surface area (TPSA) is 64.7 Å². The van der Waals surface area contributed by atoms with Crippen molar-refractivity contribution in [2.75, 3.05) is 0 Å². The van der Waals surface area contributed by atoms with Gasteiger partial charge in [0.2, 0.25) is 0 Å². The summed E-state index contributed by atoms with van der Waals surface area (Å²) in [5, 5.41) is 17.4. The number of carbonyl (C=O) groups excluding carboxylic acids is 1. The van der Waals surface area contributed by atoms with Crippen molar-refractivity contribution in [1.29, 1.82) is 10.5 Å². The van der Waals surface area contributed by atoms with Gasteiger partial charge in [-0.3, -0.25) is 4.79 Å². The van der Waals surface area contributed by atoms with Gasteiger partial charge in [0.25, 0.3) is 0 Å². The monoisotopic (exact) mass is 184 g/mol. The minimum absolute atomic E-state index is 0.0222. The molecule has 68 valence electrons. The molecule has 0 aliphatic carbocycles. The normalized spacial score (nSPS) is 8.79. The van der Waals surface area contributed by atoms with Gasteiger partial charge in [0.1, 0.15) is 12.1 Å². The van der Waals surface area contributed by atoms with Gasteiger partial charge >= 0.3 is 0 Å². The number of ketones is 1. The Bertz CT molecular complexity index is 449. The predicted octanol–water partition coefficient (Wildman–Crippen LogP) is 2.02. The second-order valence-electron chi connectivity index (χ2n) is 2.76. The summed E-state index contributed by atoms with van der Waals surface area (Å²) in [5.74, 6) is -0.0222. The van der Waals surface area contributed by atoms with Crippen LogP contribution in [0.25, 0.3) is 0 Å². The summed E-state index contributed by atoms with van der Waals surface area (Å²) in [4.78, 5) is 11.3. The number of hydrogen-bond donors (Lipinski definition) is 0. The number of benzene rings is 1. The first-order valence-electron chi connectivity index (χ1n) is 4.20. The number of nitrogens with zero attached hydrogens (tertiary/aromatic N) is 2. The zero-order chi connectivity index (χ0) is 10.6. The van der Waals surface area contributed by atoms with E-state index in [0.717, 1.165) is 0 Å². The summed E-state index contributed by atoms with van der Waals surface area (Å²) in [5.41, 5.74) is 1.05. The van der Waals surface area contributed by atoms with Gasteiger partial charge in [-0.15, -0.1) is 0 Å². The number of nitriles is 2. The Kier molecular flexibility index (Phi) is 2.99. The fraction of sp³-hybridized carbons (Fsp3) is 0.182. The summed E-state index contributed by atoms with van der Waals surface area (Å²) in [6.07, 6.45) is 0.400. The van der Waals surface area contributed by atoms with E-state index in [4.69, 9.17) is 10.5 Å². The Morgan fingerprint density at radius 3 is 2.43 bits per heavy atom. The van der Waals surface area contributed by atoms with Crippen molar-refractivity contribution >= 4 is 5.78 Å². The summed E-state index contributed by atoms with van der Waals surface area (Å²) in [7, 11) is 0. The maximum Gasteiger partial charge on any atom is 0.162 e. The molecule has 0 fully saturated rings. The van der Waals surface area contributed by atoms with Crippen LogP contribution in [-0.2, 0) is 0 Å². The number of Topliss-reactive ketones (excluding diaryl/α,β-unsaturated/α-hetero) is 1. The molecule has 1 aromatic rings. The van der Waals surface area contributed by atoms with E-state index in [9.17, 15) is 4.79 Å². The lowest BCUT2D eigenvalue weighted by atomic mass is 10.0. The molecule has 3 nitrogen and oxygen atoms in total. The average molecular weight is 184 g/mol. The smallest absolute Gasteiger partial charge is 0.162 e. The minimum atomic E-state index is -0.0222. The van der Waals surface area contributed by atoms with Gasteiger partial charge in [-0.05, 0) is 12.1 Å². The zero-order valence-corrected chi connectivity index (χ0v) is 7.74. The van der Waals surface area contributed by atoms with E-state index in [2.05, 4.69) is 0 Å². The van der Waals surface area contributed by atoms with Gasteiger partial charge in [-0.1, -0.05) is 13.0 Å². The molecular formula is C11H8N2O. The molecule has 0 amide bonds. The molecule has 1 aromatic carbocycles. The molecule has 1 rings (SSSR count). The van der Waals surface area contributed by atoms with Crippen LogP contribution in [0.3, 0.4) is 0 Å². The van der Waals surface area contributed by atoms with Crippen molar-refractivity contribution in [2.45, 2.75) is 13.3 Å². The standard InChI is InChI=1S/C11H8N2O/c1-2-11(14)8-3-4-9(6-12)10(5-8)7-13/h3-5H,2H2,1H3. The van der Waals surface area contributed by atoms with Crippen LogP contribution in [0.4, 0.5) is 0 Å². The van der Waals surface area contributed by atoms with E-state index in [-0.39, 0.29) is 11.3 Å². The van der Waals surface area contributed by atoms with Crippen molar-refractivity contribution in [3.05, 3.63) is 34.9 Å². The van der Waals surface area contributed by atoms with Gasteiger partial charge < -0.3 is 0 Å². The first kappa shape index (κ1) is 9.95. The van der Waals surface area contributed by atoms with Gasteiger partial charge in [0, 0.05) is 12.0 Å². The second-order valence-corrected chi connectivity index (χ2v) is 2.76. The molecule has 0 unspecified atom stereocenters. The van der Waals surface area contributed by atoms with Gasteiger partial charge in [0.05, 0.1) is 11.1 Å². The van der Waals surface area contributed by atoms with Gasteiger partial charge in [-0.25, -0.2) is 0 Å². The van der Waals surface area contributed by atoms with E-state index < -0.39 is 0 Å². The Morgan fingerprint density at radius 1 is 1.29 bits per heavy atom. The van der Waals surface area contributed by atoms with Crippen LogP contribution in [0.1, 0.15) is 34.8 Å². The molecule has 3 heteroatoms. The fourth-order valence-electron chi connectivity index (χ4n) is 1.11. The minimum Gasteiger partial charge on any atom is -0.294 e. The first-order chi connectivity index (χ1) is 6.72. The Labute approximate surface area is 82.2 Å². The molecule has 0 radical (unpaired) electrons. The highest BCUT2D eigenvalue weighted by molar-refractivity contribution is 5.96. The van der Waals surface area contributed by atoms with E-state index >= 15 is 0 Å². The maximum atomic E-state index is 11.3. The third-order valence-electron chi connectivity index (χ3n) is 1.90. The van der Waals surface area contributed by atoms with E-state index in [1.54, 1.807) is 13.0 Å². The lowest BCUT2D eigenvalue weighted by Gasteiger charge is -1.99. The lowest BCUT2D eigenvalue weighted by Crippen LogP contribution is -1.97. The first-order valence-corrected chi connectivity index (χ1v) is 4.20. The van der Waals surface area contributed by atoms with E-state index in [1.165, 1.54) is 12.1 Å². The highest BCUT2D eigenvalue weighted by Crippen LogP contribution is 2.11. The molecule has 0 bridgehead atoms. The van der Waals surface area contributed by atoms with Gasteiger partial charge in [-0.2, -0.15) is 10.5 Å². The molecule has 0 aliphatic heterocycles. The summed E-state index contributed by atoms with van der Waals surface area (Å²) >= 11 is 0. The number of hydrogen-bond acceptors (Lipinski definition) is 3. The Hall–Kier alpha value is -2.13. The van der Waals surface area contributed by atoms with Gasteiger partial charge in [0.15, 0.2) is 5.78 Å². The SMILES string of the molecule is CCC(=O)c1ccc(C#N)c(C#N)c1. The molecular weight excluding hydrogens is 176 g/mol. The summed E-state index contributed by atoms with van der Waals surface area (Å²) in [6, 6.07) is 8.33. The van der Waals surface area contributed by atoms with E-state index in [1.807, 2.05) is 12.1 Å². The third kappa shape index (κ3) is 1.78.